The number of hydrogen-bond acceptors (Lipinski definition) is 1. The average Bonchev–Trinajstić information content (AvgIpc) is 3.61. The lowest BCUT2D eigenvalue weighted by atomic mass is 9.92. The number of hydrogen-bond donors (Lipinski definition) is 0. The van der Waals surface area contributed by atoms with Crippen molar-refractivity contribution in [1.82, 2.24) is 4.57 Å². The molecule has 0 aliphatic carbocycles. The van der Waals surface area contributed by atoms with Crippen molar-refractivity contribution in [3.63, 3.8) is 0 Å². The predicted molar refractivity (Wildman–Crippen MR) is 240 cm³/mol. The third kappa shape index (κ3) is 5.34. The van der Waals surface area contributed by atoms with Crippen molar-refractivity contribution in [2.24, 2.45) is 0 Å². The Balaban J connectivity index is 0.968. The van der Waals surface area contributed by atoms with Crippen LogP contribution in [-0.2, 0) is 0 Å². The van der Waals surface area contributed by atoms with Gasteiger partial charge in [0.05, 0.1) is 11.0 Å². The van der Waals surface area contributed by atoms with Crippen LogP contribution in [0.15, 0.2) is 206 Å². The van der Waals surface area contributed by atoms with Crippen molar-refractivity contribution in [1.29, 1.82) is 0 Å². The van der Waals surface area contributed by atoms with Crippen LogP contribution in [0.1, 0.15) is 11.1 Å². The number of benzene rings is 10. The van der Waals surface area contributed by atoms with E-state index in [2.05, 4.69) is 228 Å². The Labute approximate surface area is 325 Å². The van der Waals surface area contributed by atoms with Crippen LogP contribution in [0.4, 0.5) is 17.1 Å². The number of anilines is 3. The maximum absolute atomic E-state index is 2.43. The van der Waals surface area contributed by atoms with Gasteiger partial charge in [-0.25, -0.2) is 0 Å². The molecule has 11 rings (SSSR count). The summed E-state index contributed by atoms with van der Waals surface area (Å²) in [6, 6.07) is 74.8. The number of nitrogens with zero attached hydrogens (tertiary/aromatic N) is 2. The van der Waals surface area contributed by atoms with Gasteiger partial charge in [-0.1, -0.05) is 146 Å². The zero-order valence-corrected chi connectivity index (χ0v) is 30.7. The van der Waals surface area contributed by atoms with Crippen molar-refractivity contribution < 1.29 is 0 Å². The fraction of sp³-hybridized carbons (Fsp3) is 0. The van der Waals surface area contributed by atoms with E-state index >= 15 is 0 Å². The summed E-state index contributed by atoms with van der Waals surface area (Å²) in [6.45, 7) is 0. The van der Waals surface area contributed by atoms with E-state index < -0.39 is 0 Å². The third-order valence-electron chi connectivity index (χ3n) is 11.3. The van der Waals surface area contributed by atoms with Crippen LogP contribution in [0.2, 0.25) is 0 Å². The van der Waals surface area contributed by atoms with Crippen LogP contribution in [0, 0.1) is 0 Å². The first-order chi connectivity index (χ1) is 27.8. The van der Waals surface area contributed by atoms with Gasteiger partial charge in [0, 0.05) is 33.5 Å². The van der Waals surface area contributed by atoms with Crippen LogP contribution in [-0.4, -0.2) is 4.57 Å². The molecule has 0 N–H and O–H groups in total. The molecule has 10 aromatic carbocycles. The van der Waals surface area contributed by atoms with Crippen LogP contribution >= 0.6 is 0 Å². The van der Waals surface area contributed by atoms with Crippen molar-refractivity contribution in [3.8, 4) is 16.8 Å². The predicted octanol–water partition coefficient (Wildman–Crippen LogP) is 15.0. The SMILES string of the molecule is C(=Cc1ccc(-c2cc3ccc4cccc5c4c3c(c2)n5-c2ccccc2)c2ccccc12)c1ccc2cc(N(c3ccccc3)c3ccccc3)ccc2c1. The molecule has 0 fully saturated rings. The molecule has 0 aliphatic heterocycles. The molecule has 56 heavy (non-hydrogen) atoms. The molecule has 0 bridgehead atoms. The summed E-state index contributed by atoms with van der Waals surface area (Å²) in [4.78, 5) is 2.31. The number of aromatic nitrogens is 1. The second kappa shape index (κ2) is 13.2. The first-order valence-corrected chi connectivity index (χ1v) is 19.3. The highest BCUT2D eigenvalue weighted by Crippen LogP contribution is 2.43. The first kappa shape index (κ1) is 32.0. The summed E-state index contributed by atoms with van der Waals surface area (Å²) in [5, 5.41) is 10.1. The minimum Gasteiger partial charge on any atom is -0.310 e. The molecule has 2 heteroatoms. The topological polar surface area (TPSA) is 8.17 Å². The van der Waals surface area contributed by atoms with E-state index in [-0.39, 0.29) is 0 Å². The molecule has 11 aromatic rings. The minimum atomic E-state index is 1.13. The lowest BCUT2D eigenvalue weighted by Crippen LogP contribution is -2.09. The van der Waals surface area contributed by atoms with Gasteiger partial charge in [0.25, 0.3) is 0 Å². The molecule has 0 saturated heterocycles. The summed E-state index contributed by atoms with van der Waals surface area (Å²) in [6.07, 6.45) is 4.50. The van der Waals surface area contributed by atoms with Gasteiger partial charge in [0.1, 0.15) is 0 Å². The van der Waals surface area contributed by atoms with Crippen molar-refractivity contribution in [2.45, 2.75) is 0 Å². The van der Waals surface area contributed by atoms with Crippen molar-refractivity contribution in [2.75, 3.05) is 4.90 Å². The second-order valence-electron chi connectivity index (χ2n) is 14.6. The van der Waals surface area contributed by atoms with E-state index in [4.69, 9.17) is 0 Å². The van der Waals surface area contributed by atoms with Crippen LogP contribution in [0.25, 0.3) is 83.1 Å². The molecule has 1 aromatic heterocycles. The number of para-hydroxylation sites is 3. The Morgan fingerprint density at radius 3 is 1.80 bits per heavy atom. The molecule has 1 heterocycles. The Bertz CT molecular complexity index is 3190. The molecule has 0 atom stereocenters. The van der Waals surface area contributed by atoms with E-state index in [1.165, 1.54) is 82.1 Å². The number of rotatable bonds is 7. The second-order valence-corrected chi connectivity index (χ2v) is 14.6. The van der Waals surface area contributed by atoms with Gasteiger partial charge in [0.15, 0.2) is 0 Å². The maximum atomic E-state index is 2.43. The zero-order valence-electron chi connectivity index (χ0n) is 30.7. The number of fused-ring (bicyclic) bond motifs is 2. The highest BCUT2D eigenvalue weighted by atomic mass is 15.1. The Hall–Kier alpha value is -7.42. The monoisotopic (exact) mass is 712 g/mol. The largest absolute Gasteiger partial charge is 0.310 e. The summed E-state index contributed by atoms with van der Waals surface area (Å²) in [5.41, 5.74) is 11.9. The zero-order chi connectivity index (χ0) is 37.0. The Morgan fingerprint density at radius 2 is 1.02 bits per heavy atom. The summed E-state index contributed by atoms with van der Waals surface area (Å²) in [5.74, 6) is 0. The molecule has 262 valence electrons. The van der Waals surface area contributed by atoms with Gasteiger partial charge in [0.2, 0.25) is 0 Å². The van der Waals surface area contributed by atoms with Crippen LogP contribution in [0.3, 0.4) is 0 Å². The van der Waals surface area contributed by atoms with Crippen molar-refractivity contribution >= 4 is 83.3 Å². The van der Waals surface area contributed by atoms with Crippen LogP contribution < -0.4 is 4.90 Å². The highest BCUT2D eigenvalue weighted by molar-refractivity contribution is 6.25. The Morgan fingerprint density at radius 1 is 0.375 bits per heavy atom. The minimum absolute atomic E-state index is 1.13. The van der Waals surface area contributed by atoms with Gasteiger partial charge in [-0.05, 0) is 127 Å². The van der Waals surface area contributed by atoms with E-state index in [1.54, 1.807) is 0 Å². The highest BCUT2D eigenvalue weighted by Gasteiger charge is 2.19. The average molecular weight is 713 g/mol. The quantitative estimate of drug-likeness (QED) is 0.118. The smallest absolute Gasteiger partial charge is 0.0553 e. The van der Waals surface area contributed by atoms with Gasteiger partial charge < -0.3 is 9.47 Å². The van der Waals surface area contributed by atoms with Gasteiger partial charge in [-0.3, -0.25) is 0 Å². The van der Waals surface area contributed by atoms with E-state index in [0.717, 1.165) is 17.1 Å². The summed E-state index contributed by atoms with van der Waals surface area (Å²) < 4.78 is 2.43. The molecule has 2 nitrogen and oxygen atoms in total. The molecular formula is C54H36N2. The van der Waals surface area contributed by atoms with Crippen LogP contribution in [0.5, 0.6) is 0 Å². The normalized spacial score (nSPS) is 11.9. The third-order valence-corrected chi connectivity index (χ3v) is 11.3. The lowest BCUT2D eigenvalue weighted by Gasteiger charge is -2.25. The molecule has 0 unspecified atom stereocenters. The van der Waals surface area contributed by atoms with Gasteiger partial charge in [-0.2, -0.15) is 0 Å². The van der Waals surface area contributed by atoms with E-state index in [1.807, 2.05) is 0 Å². The molecule has 0 amide bonds. The molecule has 0 radical (unpaired) electrons. The van der Waals surface area contributed by atoms with E-state index in [0.29, 0.717) is 0 Å². The summed E-state index contributed by atoms with van der Waals surface area (Å²) >= 11 is 0. The molecule has 0 aliphatic rings. The molecular weight excluding hydrogens is 677 g/mol. The first-order valence-electron chi connectivity index (χ1n) is 19.3. The maximum Gasteiger partial charge on any atom is 0.0553 e. The molecule has 0 saturated carbocycles. The lowest BCUT2D eigenvalue weighted by molar-refractivity contribution is 1.18. The molecule has 0 spiro atoms. The van der Waals surface area contributed by atoms with Gasteiger partial charge >= 0.3 is 0 Å². The van der Waals surface area contributed by atoms with Gasteiger partial charge in [-0.15, -0.1) is 0 Å². The fourth-order valence-corrected chi connectivity index (χ4v) is 8.71. The van der Waals surface area contributed by atoms with Crippen molar-refractivity contribution in [3.05, 3.63) is 217 Å². The van der Waals surface area contributed by atoms with E-state index in [9.17, 15) is 0 Å². The fourth-order valence-electron chi connectivity index (χ4n) is 8.71. The standard InChI is InChI=1S/C54H36N2/c1-4-14-44(15-5-1)55(45-16-6-2-7-17-45)47-31-29-40-33-37(24-26-41(40)35-47)23-25-38-30-32-49(50-21-11-10-20-48(38)50)43-34-42-28-27-39-13-12-22-51-53(39)54(42)52(36-43)56(51)46-18-8-3-9-19-46/h1-36H. The Kier molecular flexibility index (Phi) is 7.53. The summed E-state index contributed by atoms with van der Waals surface area (Å²) in [7, 11) is 0.